The highest BCUT2D eigenvalue weighted by Crippen LogP contribution is 2.23. The number of aliphatic imine (C=N–C) groups is 2. The summed E-state index contributed by atoms with van der Waals surface area (Å²) in [5.41, 5.74) is 3.24. The van der Waals surface area contributed by atoms with E-state index in [9.17, 15) is 0 Å². The van der Waals surface area contributed by atoms with Gasteiger partial charge >= 0.3 is 0 Å². The highest BCUT2D eigenvalue weighted by molar-refractivity contribution is 5.94. The predicted octanol–water partition coefficient (Wildman–Crippen LogP) is 4.13. The summed E-state index contributed by atoms with van der Waals surface area (Å²) in [6, 6.07) is 10.1. The van der Waals surface area contributed by atoms with Crippen molar-refractivity contribution < 1.29 is 4.74 Å². The summed E-state index contributed by atoms with van der Waals surface area (Å²) < 4.78 is 5.99. The highest BCUT2D eigenvalue weighted by atomic mass is 16.5. The number of nitrogens with one attached hydrogen (secondary N) is 3. The zero-order valence-electron chi connectivity index (χ0n) is 21.4. The molecule has 1 aliphatic heterocycles. The second-order valence-corrected chi connectivity index (χ2v) is 10.0. The first-order valence-corrected chi connectivity index (χ1v) is 11.9. The number of benzene rings is 1. The minimum Gasteiger partial charge on any atom is -0.471 e. The monoisotopic (exact) mass is 476 g/mol. The van der Waals surface area contributed by atoms with Crippen molar-refractivity contribution in [2.24, 2.45) is 9.98 Å². The van der Waals surface area contributed by atoms with E-state index in [0.717, 1.165) is 60.1 Å². The first kappa shape index (κ1) is 24.5. The third kappa shape index (κ3) is 6.30. The van der Waals surface area contributed by atoms with E-state index in [1.54, 1.807) is 0 Å². The Bertz CT molecular complexity index is 1220. The van der Waals surface area contributed by atoms with E-state index in [1.165, 1.54) is 0 Å². The summed E-state index contributed by atoms with van der Waals surface area (Å²) in [4.78, 5) is 16.9. The van der Waals surface area contributed by atoms with Crippen molar-refractivity contribution in [3.8, 4) is 5.75 Å². The normalized spacial score (nSPS) is 16.1. The molecular formula is C26H36N8O. The smallest absolute Gasteiger partial charge is 0.181 e. The van der Waals surface area contributed by atoms with Crippen LogP contribution < -0.4 is 10.1 Å². The van der Waals surface area contributed by atoms with Crippen LogP contribution in [0.25, 0.3) is 10.9 Å². The van der Waals surface area contributed by atoms with Crippen molar-refractivity contribution in [3.05, 3.63) is 53.6 Å². The van der Waals surface area contributed by atoms with Crippen LogP contribution in [-0.2, 0) is 5.41 Å². The maximum absolute atomic E-state index is 5.99. The number of likely N-dealkylation sites (N-methyl/N-ethyl adjacent to an activating group) is 1. The van der Waals surface area contributed by atoms with Gasteiger partial charge in [-0.1, -0.05) is 20.8 Å². The zero-order valence-corrected chi connectivity index (χ0v) is 21.4. The molecule has 1 saturated heterocycles. The molecule has 2 aromatic heterocycles. The van der Waals surface area contributed by atoms with Gasteiger partial charge in [0.15, 0.2) is 12.5 Å². The lowest BCUT2D eigenvalue weighted by Gasteiger charge is -2.33. The van der Waals surface area contributed by atoms with Gasteiger partial charge in [-0.15, -0.1) is 0 Å². The van der Waals surface area contributed by atoms with Gasteiger partial charge in [0.05, 0.1) is 0 Å². The molecule has 186 valence electrons. The van der Waals surface area contributed by atoms with E-state index in [-0.39, 0.29) is 12.1 Å². The van der Waals surface area contributed by atoms with Crippen LogP contribution in [0, 0.1) is 6.92 Å². The number of anilines is 1. The summed E-state index contributed by atoms with van der Waals surface area (Å²) in [7, 11) is 2.13. The quantitative estimate of drug-likeness (QED) is 0.352. The fourth-order valence-electron chi connectivity index (χ4n) is 3.94. The molecule has 35 heavy (non-hydrogen) atoms. The molecule has 0 atom stereocenters. The van der Waals surface area contributed by atoms with E-state index in [2.05, 4.69) is 75.9 Å². The average Bonchev–Trinajstić information content (AvgIpc) is 3.43. The fraction of sp³-hybridized carbons (Fsp3) is 0.423. The van der Waals surface area contributed by atoms with E-state index in [0.29, 0.717) is 11.6 Å². The lowest BCUT2D eigenvalue weighted by atomic mass is 9.92. The Morgan fingerprint density at radius 3 is 2.66 bits per heavy atom. The Kier molecular flexibility index (Phi) is 7.25. The molecule has 3 heterocycles. The van der Waals surface area contributed by atoms with Gasteiger partial charge in [-0.3, -0.25) is 5.10 Å². The third-order valence-electron chi connectivity index (χ3n) is 6.09. The highest BCUT2D eigenvalue weighted by Gasteiger charge is 2.19. The van der Waals surface area contributed by atoms with Gasteiger partial charge in [-0.05, 0) is 45.0 Å². The van der Waals surface area contributed by atoms with Crippen LogP contribution in [0.5, 0.6) is 5.75 Å². The molecular weight excluding hydrogens is 440 g/mol. The largest absolute Gasteiger partial charge is 0.471 e. The standard InChI is InChI=1S/C26H36N8O/c1-18-13-19-14-20(7-8-21(19)29-18)35-17-28-25(34-11-9-33(6)10-12-34)16-23(27-5)30-24-15-22(31-32-24)26(2,3)4/h7-8,13-16,29H,5,9-12,17H2,1-4,6H3,(H2,30,31,32)/b23-16+,28-25+. The van der Waals surface area contributed by atoms with Crippen LogP contribution in [0.1, 0.15) is 32.2 Å². The zero-order chi connectivity index (χ0) is 25.0. The maximum Gasteiger partial charge on any atom is 0.181 e. The van der Waals surface area contributed by atoms with Gasteiger partial charge in [0.1, 0.15) is 17.4 Å². The second-order valence-electron chi connectivity index (χ2n) is 10.0. The molecule has 1 aromatic carbocycles. The first-order chi connectivity index (χ1) is 16.7. The molecule has 0 saturated carbocycles. The number of aromatic nitrogens is 3. The summed E-state index contributed by atoms with van der Waals surface area (Å²) >= 11 is 0. The lowest BCUT2D eigenvalue weighted by Crippen LogP contribution is -2.47. The molecule has 3 N–H and O–H groups in total. The Labute approximate surface area is 207 Å². The number of hydrogen-bond acceptors (Lipinski definition) is 6. The molecule has 3 aromatic rings. The lowest BCUT2D eigenvalue weighted by molar-refractivity contribution is 0.214. The summed E-state index contributed by atoms with van der Waals surface area (Å²) in [5.74, 6) is 2.86. The number of nitrogens with zero attached hydrogens (tertiary/aromatic N) is 5. The van der Waals surface area contributed by atoms with Crippen molar-refractivity contribution in [1.82, 2.24) is 25.0 Å². The number of H-pyrrole nitrogens is 2. The molecule has 0 spiro atoms. The number of aromatic amines is 2. The van der Waals surface area contributed by atoms with Gasteiger partial charge in [0, 0.05) is 66.0 Å². The van der Waals surface area contributed by atoms with Crippen LogP contribution in [0.4, 0.5) is 5.82 Å². The second kappa shape index (κ2) is 10.4. The molecule has 0 radical (unpaired) electrons. The van der Waals surface area contributed by atoms with Gasteiger partial charge < -0.3 is 24.8 Å². The molecule has 0 aliphatic carbocycles. The fourth-order valence-corrected chi connectivity index (χ4v) is 3.94. The van der Waals surface area contributed by atoms with Gasteiger partial charge in [-0.2, -0.15) is 5.10 Å². The van der Waals surface area contributed by atoms with E-state index >= 15 is 0 Å². The van der Waals surface area contributed by atoms with Gasteiger partial charge in [-0.25, -0.2) is 9.98 Å². The number of aryl methyl sites for hydroxylation is 1. The number of hydrogen-bond donors (Lipinski definition) is 3. The first-order valence-electron chi connectivity index (χ1n) is 11.9. The van der Waals surface area contributed by atoms with Crippen molar-refractivity contribution in [1.29, 1.82) is 0 Å². The van der Waals surface area contributed by atoms with E-state index < -0.39 is 0 Å². The molecule has 0 unspecified atom stereocenters. The van der Waals surface area contributed by atoms with E-state index in [1.807, 2.05) is 37.3 Å². The van der Waals surface area contributed by atoms with Crippen LogP contribution in [0.15, 0.2) is 52.2 Å². The SMILES string of the molecule is C=N/C(=C\C(=N/COc1ccc2[nH]c(C)cc2c1)N1CCN(C)CC1)Nc1cc(C(C)(C)C)[nH]n1. The molecule has 0 bridgehead atoms. The molecule has 9 heteroatoms. The maximum atomic E-state index is 5.99. The predicted molar refractivity (Wildman–Crippen MR) is 144 cm³/mol. The number of amidine groups is 1. The summed E-state index contributed by atoms with van der Waals surface area (Å²) in [6.07, 6.45) is 1.91. The Morgan fingerprint density at radius 2 is 1.97 bits per heavy atom. The van der Waals surface area contributed by atoms with Crippen molar-refractivity contribution in [2.75, 3.05) is 45.3 Å². The summed E-state index contributed by atoms with van der Waals surface area (Å²) in [5, 5.41) is 11.9. The Balaban J connectivity index is 1.52. The number of fused-ring (bicyclic) bond motifs is 1. The Morgan fingerprint density at radius 1 is 1.20 bits per heavy atom. The van der Waals surface area contributed by atoms with Crippen LogP contribution in [-0.4, -0.2) is 77.5 Å². The molecule has 9 nitrogen and oxygen atoms in total. The minimum atomic E-state index is -0.0235. The van der Waals surface area contributed by atoms with Crippen molar-refractivity contribution in [2.45, 2.75) is 33.1 Å². The summed E-state index contributed by atoms with van der Waals surface area (Å²) in [6.45, 7) is 16.1. The average molecular weight is 477 g/mol. The van der Waals surface area contributed by atoms with Crippen LogP contribution in [0.3, 0.4) is 0 Å². The van der Waals surface area contributed by atoms with Crippen molar-refractivity contribution in [3.63, 3.8) is 0 Å². The van der Waals surface area contributed by atoms with Gasteiger partial charge in [0.2, 0.25) is 0 Å². The third-order valence-corrected chi connectivity index (χ3v) is 6.09. The van der Waals surface area contributed by atoms with Gasteiger partial charge in [0.25, 0.3) is 0 Å². The van der Waals surface area contributed by atoms with E-state index in [4.69, 9.17) is 9.73 Å². The molecule has 1 fully saturated rings. The number of rotatable bonds is 7. The molecule has 4 rings (SSSR count). The number of ether oxygens (including phenoxy) is 1. The van der Waals surface area contributed by atoms with Crippen LogP contribution in [0.2, 0.25) is 0 Å². The Hall–Kier alpha value is -3.59. The topological polar surface area (TPSA) is 96.9 Å². The molecule has 1 aliphatic rings. The number of piperazine rings is 1. The van der Waals surface area contributed by atoms with Crippen LogP contribution >= 0.6 is 0 Å². The van der Waals surface area contributed by atoms with Crippen molar-refractivity contribution >= 4 is 29.3 Å². The molecule has 0 amide bonds. The minimum absolute atomic E-state index is 0.0235.